The molecule has 2 aromatic rings. The van der Waals surface area contributed by atoms with Crippen LogP contribution in [0.2, 0.25) is 0 Å². The molecule has 21 heavy (non-hydrogen) atoms. The molecule has 1 heterocycles. The van der Waals surface area contributed by atoms with E-state index >= 15 is 0 Å². The number of aromatic nitrogens is 2. The summed E-state index contributed by atoms with van der Waals surface area (Å²) in [6, 6.07) is 7.91. The molecule has 0 radical (unpaired) electrons. The quantitative estimate of drug-likeness (QED) is 0.934. The van der Waals surface area contributed by atoms with E-state index in [9.17, 15) is 0 Å². The fourth-order valence-electron chi connectivity index (χ4n) is 2.81. The lowest BCUT2D eigenvalue weighted by Gasteiger charge is -2.25. The first-order valence-corrected chi connectivity index (χ1v) is 7.45. The number of methoxy groups -OCH3 is 1. The second kappa shape index (κ2) is 4.79. The Labute approximate surface area is 125 Å². The average Bonchev–Trinajstić information content (AvgIpc) is 3.21. The van der Waals surface area contributed by atoms with Gasteiger partial charge in [0.1, 0.15) is 23.1 Å². The van der Waals surface area contributed by atoms with Crippen LogP contribution in [0.1, 0.15) is 45.4 Å². The number of rotatable bonds is 3. The smallest absolute Gasteiger partial charge is 0.132 e. The SMILES string of the molecule is COc1ccccc1-c1nc(C2CC2)n(C(C)(C)C)c1N. The van der Waals surface area contributed by atoms with Crippen molar-refractivity contribution < 1.29 is 4.74 Å². The number of anilines is 1. The number of nitrogens with zero attached hydrogens (tertiary/aromatic N) is 2. The molecule has 0 bridgehead atoms. The number of nitrogen functional groups attached to an aromatic ring is 1. The van der Waals surface area contributed by atoms with Gasteiger partial charge in [0.15, 0.2) is 0 Å². The maximum atomic E-state index is 6.46. The highest BCUT2D eigenvalue weighted by Gasteiger charge is 2.34. The van der Waals surface area contributed by atoms with E-state index in [1.807, 2.05) is 24.3 Å². The summed E-state index contributed by atoms with van der Waals surface area (Å²) in [7, 11) is 1.68. The number of benzene rings is 1. The molecule has 112 valence electrons. The molecular weight excluding hydrogens is 262 g/mol. The Morgan fingerprint density at radius 1 is 1.24 bits per heavy atom. The standard InChI is InChI=1S/C17H23N3O/c1-17(2,3)20-15(18)14(19-16(20)11-9-10-11)12-7-5-6-8-13(12)21-4/h5-8,11H,9-10,18H2,1-4H3. The van der Waals surface area contributed by atoms with Gasteiger partial charge in [-0.2, -0.15) is 0 Å². The first-order valence-electron chi connectivity index (χ1n) is 7.45. The second-order valence-corrected chi connectivity index (χ2v) is 6.68. The zero-order valence-corrected chi connectivity index (χ0v) is 13.2. The molecule has 0 aliphatic heterocycles. The van der Waals surface area contributed by atoms with Gasteiger partial charge in [-0.3, -0.25) is 0 Å². The first-order chi connectivity index (χ1) is 9.93. The zero-order valence-electron chi connectivity index (χ0n) is 13.2. The summed E-state index contributed by atoms with van der Waals surface area (Å²) in [5.74, 6) is 3.20. The highest BCUT2D eigenvalue weighted by molar-refractivity contribution is 5.76. The molecule has 1 fully saturated rings. The number of hydrogen-bond donors (Lipinski definition) is 1. The van der Waals surface area contributed by atoms with Crippen molar-refractivity contribution >= 4 is 5.82 Å². The van der Waals surface area contributed by atoms with Gasteiger partial charge in [-0.25, -0.2) is 4.98 Å². The van der Waals surface area contributed by atoms with E-state index in [0.717, 1.165) is 28.6 Å². The monoisotopic (exact) mass is 285 g/mol. The van der Waals surface area contributed by atoms with E-state index in [2.05, 4.69) is 25.3 Å². The maximum Gasteiger partial charge on any atom is 0.132 e. The van der Waals surface area contributed by atoms with Gasteiger partial charge in [0, 0.05) is 17.0 Å². The normalized spacial score (nSPS) is 15.2. The van der Waals surface area contributed by atoms with Gasteiger partial charge >= 0.3 is 0 Å². The van der Waals surface area contributed by atoms with E-state index < -0.39 is 0 Å². The van der Waals surface area contributed by atoms with Crippen LogP contribution >= 0.6 is 0 Å². The van der Waals surface area contributed by atoms with Crippen molar-refractivity contribution in [3.05, 3.63) is 30.1 Å². The van der Waals surface area contributed by atoms with Crippen molar-refractivity contribution in [3.8, 4) is 17.0 Å². The minimum absolute atomic E-state index is 0.0741. The lowest BCUT2D eigenvalue weighted by molar-refractivity contribution is 0.388. The van der Waals surface area contributed by atoms with Gasteiger partial charge in [0.25, 0.3) is 0 Å². The summed E-state index contributed by atoms with van der Waals surface area (Å²) in [5.41, 5.74) is 8.18. The van der Waals surface area contributed by atoms with Crippen LogP contribution in [0, 0.1) is 0 Å². The van der Waals surface area contributed by atoms with Crippen LogP contribution in [0.3, 0.4) is 0 Å². The van der Waals surface area contributed by atoms with E-state index in [0.29, 0.717) is 5.92 Å². The van der Waals surface area contributed by atoms with Crippen molar-refractivity contribution in [1.29, 1.82) is 0 Å². The molecule has 0 unspecified atom stereocenters. The molecule has 1 saturated carbocycles. The third kappa shape index (κ3) is 2.39. The molecule has 0 atom stereocenters. The average molecular weight is 285 g/mol. The third-order valence-corrected chi connectivity index (χ3v) is 3.91. The molecule has 1 aliphatic rings. The molecule has 4 nitrogen and oxygen atoms in total. The second-order valence-electron chi connectivity index (χ2n) is 6.68. The molecule has 2 N–H and O–H groups in total. The lowest BCUT2D eigenvalue weighted by atomic mass is 10.1. The first kappa shape index (κ1) is 14.0. The highest BCUT2D eigenvalue weighted by atomic mass is 16.5. The summed E-state index contributed by atoms with van der Waals surface area (Å²) < 4.78 is 7.65. The Balaban J connectivity index is 2.20. The summed E-state index contributed by atoms with van der Waals surface area (Å²) in [5, 5.41) is 0. The minimum atomic E-state index is -0.0741. The summed E-state index contributed by atoms with van der Waals surface area (Å²) >= 11 is 0. The van der Waals surface area contributed by atoms with Crippen LogP contribution in [0.4, 0.5) is 5.82 Å². The Bertz CT molecular complexity index is 663. The van der Waals surface area contributed by atoms with E-state index in [4.69, 9.17) is 15.5 Å². The summed E-state index contributed by atoms with van der Waals surface area (Å²) in [4.78, 5) is 4.88. The number of hydrogen-bond acceptors (Lipinski definition) is 3. The fraction of sp³-hybridized carbons (Fsp3) is 0.471. The molecule has 1 aromatic heterocycles. The molecular formula is C17H23N3O. The van der Waals surface area contributed by atoms with Gasteiger partial charge in [0.2, 0.25) is 0 Å². The van der Waals surface area contributed by atoms with Crippen LogP contribution < -0.4 is 10.5 Å². The Hall–Kier alpha value is -1.97. The third-order valence-electron chi connectivity index (χ3n) is 3.91. The highest BCUT2D eigenvalue weighted by Crippen LogP contribution is 2.45. The van der Waals surface area contributed by atoms with Crippen LogP contribution in [0.15, 0.2) is 24.3 Å². The largest absolute Gasteiger partial charge is 0.496 e. The van der Waals surface area contributed by atoms with Crippen molar-refractivity contribution in [3.63, 3.8) is 0 Å². The topological polar surface area (TPSA) is 53.1 Å². The fourth-order valence-corrected chi connectivity index (χ4v) is 2.81. The molecule has 0 spiro atoms. The van der Waals surface area contributed by atoms with E-state index in [1.165, 1.54) is 12.8 Å². The van der Waals surface area contributed by atoms with Gasteiger partial charge in [-0.15, -0.1) is 0 Å². The van der Waals surface area contributed by atoms with Crippen LogP contribution in [-0.4, -0.2) is 16.7 Å². The van der Waals surface area contributed by atoms with Crippen LogP contribution in [-0.2, 0) is 5.54 Å². The Morgan fingerprint density at radius 3 is 2.48 bits per heavy atom. The maximum absolute atomic E-state index is 6.46. The lowest BCUT2D eigenvalue weighted by Crippen LogP contribution is -2.25. The predicted molar refractivity (Wildman–Crippen MR) is 85.6 cm³/mol. The molecule has 4 heteroatoms. The molecule has 0 amide bonds. The summed E-state index contributed by atoms with van der Waals surface area (Å²) in [6.07, 6.45) is 2.41. The predicted octanol–water partition coefficient (Wildman–Crippen LogP) is 3.77. The number of nitrogens with two attached hydrogens (primary N) is 1. The van der Waals surface area contributed by atoms with Gasteiger partial charge in [-0.05, 0) is 45.7 Å². The summed E-state index contributed by atoms with van der Waals surface area (Å²) in [6.45, 7) is 6.51. The number of imidazole rings is 1. The van der Waals surface area contributed by atoms with E-state index in [1.54, 1.807) is 7.11 Å². The van der Waals surface area contributed by atoms with Crippen molar-refractivity contribution in [2.75, 3.05) is 12.8 Å². The molecule has 3 rings (SSSR count). The Kier molecular flexibility index (Phi) is 3.19. The van der Waals surface area contributed by atoms with Crippen LogP contribution in [0.25, 0.3) is 11.3 Å². The number of para-hydroxylation sites is 1. The van der Waals surface area contributed by atoms with Crippen LogP contribution in [0.5, 0.6) is 5.75 Å². The van der Waals surface area contributed by atoms with Crippen molar-refractivity contribution in [2.45, 2.75) is 45.1 Å². The van der Waals surface area contributed by atoms with Gasteiger partial charge in [-0.1, -0.05) is 12.1 Å². The van der Waals surface area contributed by atoms with Gasteiger partial charge < -0.3 is 15.0 Å². The molecule has 1 aliphatic carbocycles. The minimum Gasteiger partial charge on any atom is -0.496 e. The van der Waals surface area contributed by atoms with Gasteiger partial charge in [0.05, 0.1) is 7.11 Å². The molecule has 1 aromatic carbocycles. The van der Waals surface area contributed by atoms with Crippen molar-refractivity contribution in [1.82, 2.24) is 9.55 Å². The molecule has 0 saturated heterocycles. The van der Waals surface area contributed by atoms with E-state index in [-0.39, 0.29) is 5.54 Å². The van der Waals surface area contributed by atoms with Crippen molar-refractivity contribution in [2.24, 2.45) is 0 Å². The Morgan fingerprint density at radius 2 is 1.90 bits per heavy atom. The zero-order chi connectivity index (χ0) is 15.2. The number of ether oxygens (including phenoxy) is 1.